The van der Waals surface area contributed by atoms with Gasteiger partial charge in [-0.25, -0.2) is 0 Å². The highest BCUT2D eigenvalue weighted by molar-refractivity contribution is 6.19. The summed E-state index contributed by atoms with van der Waals surface area (Å²) < 4.78 is 0. The molecule has 0 spiro atoms. The van der Waals surface area contributed by atoms with Crippen LogP contribution >= 0.6 is 11.6 Å². The summed E-state index contributed by atoms with van der Waals surface area (Å²) in [6, 6.07) is -0.519. The minimum Gasteiger partial charge on any atom is -0.347 e. The van der Waals surface area contributed by atoms with E-state index >= 15 is 0 Å². The van der Waals surface area contributed by atoms with E-state index in [0.29, 0.717) is 0 Å². The van der Waals surface area contributed by atoms with Gasteiger partial charge in [0.05, 0.1) is 5.41 Å². The van der Waals surface area contributed by atoms with Crippen molar-refractivity contribution in [2.24, 2.45) is 5.41 Å². The number of hydrogen-bond donors (Lipinski definition) is 1. The maximum Gasteiger partial charge on any atom is 0.244 e. The van der Waals surface area contributed by atoms with E-state index in [4.69, 9.17) is 11.6 Å². The Kier molecular flexibility index (Phi) is 5.08. The Bertz CT molecular complexity index is 252. The molecule has 0 rings (SSSR count). The Labute approximate surface area is 96.0 Å². The van der Waals surface area contributed by atoms with Crippen molar-refractivity contribution in [2.75, 3.05) is 20.0 Å². The van der Waals surface area contributed by atoms with Crippen LogP contribution in [0.25, 0.3) is 0 Å². The summed E-state index contributed by atoms with van der Waals surface area (Å²) in [7, 11) is 3.30. The molecule has 1 atom stereocenters. The zero-order chi connectivity index (χ0) is 12.2. The van der Waals surface area contributed by atoms with Gasteiger partial charge in [0, 0.05) is 20.0 Å². The molecule has 0 aliphatic heterocycles. The number of nitrogens with zero attached hydrogens (tertiary/aromatic N) is 1. The minimum absolute atomic E-state index is 0.131. The third-order valence-electron chi connectivity index (χ3n) is 2.11. The van der Waals surface area contributed by atoms with Gasteiger partial charge in [0.2, 0.25) is 11.8 Å². The van der Waals surface area contributed by atoms with Crippen LogP contribution in [-0.2, 0) is 9.59 Å². The smallest absolute Gasteiger partial charge is 0.244 e. The SMILES string of the molecule is CC(NC(=O)C(C)(C)CCl)C(=O)N(C)C. The first kappa shape index (κ1) is 14.2. The average molecular weight is 235 g/mol. The number of amides is 2. The minimum atomic E-state index is -0.650. The van der Waals surface area contributed by atoms with Crippen LogP contribution in [0.3, 0.4) is 0 Å². The molecule has 0 saturated carbocycles. The number of nitrogens with one attached hydrogen (secondary N) is 1. The zero-order valence-corrected chi connectivity index (χ0v) is 10.7. The molecular weight excluding hydrogens is 216 g/mol. The second-order valence-electron chi connectivity index (χ2n) is 4.45. The Hall–Kier alpha value is -0.770. The van der Waals surface area contributed by atoms with Crippen molar-refractivity contribution >= 4 is 23.4 Å². The normalized spacial score (nSPS) is 13.2. The Morgan fingerprint density at radius 1 is 1.40 bits per heavy atom. The zero-order valence-electron chi connectivity index (χ0n) is 9.93. The standard InChI is InChI=1S/C10H19ClN2O2/c1-7(8(14)13(4)5)12-9(15)10(2,3)6-11/h7H,6H2,1-5H3,(H,12,15). The van der Waals surface area contributed by atoms with E-state index < -0.39 is 11.5 Å². The molecule has 0 aromatic heterocycles. The van der Waals surface area contributed by atoms with E-state index in [-0.39, 0.29) is 17.7 Å². The summed E-state index contributed by atoms with van der Waals surface area (Å²) in [5.41, 5.74) is -0.650. The van der Waals surface area contributed by atoms with Crippen molar-refractivity contribution < 1.29 is 9.59 Å². The summed E-state index contributed by atoms with van der Waals surface area (Å²) in [6.45, 7) is 5.13. The fourth-order valence-electron chi connectivity index (χ4n) is 0.902. The molecule has 15 heavy (non-hydrogen) atoms. The summed E-state index contributed by atoms with van der Waals surface area (Å²) in [6.07, 6.45) is 0. The van der Waals surface area contributed by atoms with E-state index in [0.717, 1.165) is 0 Å². The third-order valence-corrected chi connectivity index (χ3v) is 2.78. The average Bonchev–Trinajstić information content (AvgIpc) is 2.16. The summed E-state index contributed by atoms with van der Waals surface area (Å²) in [4.78, 5) is 24.6. The van der Waals surface area contributed by atoms with Crippen molar-refractivity contribution in [1.82, 2.24) is 10.2 Å². The third kappa shape index (κ3) is 4.08. The molecule has 0 aromatic carbocycles. The number of carbonyl (C=O) groups is 2. The molecule has 1 N–H and O–H groups in total. The van der Waals surface area contributed by atoms with Crippen molar-refractivity contribution in [1.29, 1.82) is 0 Å². The highest BCUT2D eigenvalue weighted by Crippen LogP contribution is 2.17. The number of alkyl halides is 1. The second kappa shape index (κ2) is 5.35. The predicted molar refractivity (Wildman–Crippen MR) is 60.8 cm³/mol. The molecule has 5 heteroatoms. The summed E-state index contributed by atoms with van der Waals surface area (Å²) >= 11 is 5.66. The fourth-order valence-corrected chi connectivity index (χ4v) is 1.02. The van der Waals surface area contributed by atoms with Crippen molar-refractivity contribution in [3.8, 4) is 0 Å². The lowest BCUT2D eigenvalue weighted by atomic mass is 9.95. The lowest BCUT2D eigenvalue weighted by molar-refractivity contribution is -0.136. The quantitative estimate of drug-likeness (QED) is 0.733. The van der Waals surface area contributed by atoms with Gasteiger partial charge < -0.3 is 10.2 Å². The number of hydrogen-bond acceptors (Lipinski definition) is 2. The maximum absolute atomic E-state index is 11.7. The predicted octanol–water partition coefficient (Wildman–Crippen LogP) is 0.844. The maximum atomic E-state index is 11.7. The summed E-state index contributed by atoms with van der Waals surface area (Å²) in [5, 5.41) is 2.64. The lowest BCUT2D eigenvalue weighted by Crippen LogP contribution is -2.49. The van der Waals surface area contributed by atoms with E-state index in [1.807, 2.05) is 0 Å². The van der Waals surface area contributed by atoms with Crippen LogP contribution in [0, 0.1) is 5.41 Å². The molecule has 88 valence electrons. The summed E-state index contributed by atoms with van der Waals surface area (Å²) in [5.74, 6) is -0.115. The molecular formula is C10H19ClN2O2. The molecule has 1 unspecified atom stereocenters. The van der Waals surface area contributed by atoms with Crippen LogP contribution in [0.2, 0.25) is 0 Å². The van der Waals surface area contributed by atoms with Gasteiger partial charge in [0.25, 0.3) is 0 Å². The molecule has 0 aromatic rings. The van der Waals surface area contributed by atoms with Gasteiger partial charge in [-0.15, -0.1) is 11.6 Å². The monoisotopic (exact) mass is 234 g/mol. The van der Waals surface area contributed by atoms with E-state index in [9.17, 15) is 9.59 Å². The fraction of sp³-hybridized carbons (Fsp3) is 0.800. The second-order valence-corrected chi connectivity index (χ2v) is 4.71. The van der Waals surface area contributed by atoms with Crippen molar-refractivity contribution in [3.05, 3.63) is 0 Å². The lowest BCUT2D eigenvalue weighted by Gasteiger charge is -2.24. The number of halogens is 1. The molecule has 0 fully saturated rings. The Morgan fingerprint density at radius 2 is 1.87 bits per heavy atom. The number of rotatable bonds is 4. The molecule has 0 aliphatic rings. The first-order chi connectivity index (χ1) is 6.72. The first-order valence-electron chi connectivity index (χ1n) is 4.80. The van der Waals surface area contributed by atoms with E-state index in [1.165, 1.54) is 4.90 Å². The van der Waals surface area contributed by atoms with Gasteiger partial charge in [-0.1, -0.05) is 0 Å². The van der Waals surface area contributed by atoms with Crippen LogP contribution in [0.4, 0.5) is 0 Å². The first-order valence-corrected chi connectivity index (χ1v) is 5.34. The van der Waals surface area contributed by atoms with Gasteiger partial charge in [-0.3, -0.25) is 9.59 Å². The van der Waals surface area contributed by atoms with E-state index in [1.54, 1.807) is 34.9 Å². The molecule has 0 saturated heterocycles. The van der Waals surface area contributed by atoms with Gasteiger partial charge in [-0.2, -0.15) is 0 Å². The van der Waals surface area contributed by atoms with Crippen LogP contribution in [0.1, 0.15) is 20.8 Å². The van der Waals surface area contributed by atoms with Crippen LogP contribution in [0.5, 0.6) is 0 Å². The molecule has 2 amide bonds. The highest BCUT2D eigenvalue weighted by atomic mass is 35.5. The van der Waals surface area contributed by atoms with Crippen molar-refractivity contribution in [2.45, 2.75) is 26.8 Å². The van der Waals surface area contributed by atoms with Gasteiger partial charge >= 0.3 is 0 Å². The Morgan fingerprint density at radius 3 is 2.20 bits per heavy atom. The molecule has 0 bridgehead atoms. The largest absolute Gasteiger partial charge is 0.347 e. The topological polar surface area (TPSA) is 49.4 Å². The van der Waals surface area contributed by atoms with Gasteiger partial charge in [0.15, 0.2) is 0 Å². The van der Waals surface area contributed by atoms with Gasteiger partial charge in [-0.05, 0) is 20.8 Å². The Balaban J connectivity index is 4.37. The molecule has 0 aliphatic carbocycles. The van der Waals surface area contributed by atoms with Crippen LogP contribution < -0.4 is 5.32 Å². The molecule has 0 heterocycles. The molecule has 0 radical (unpaired) electrons. The van der Waals surface area contributed by atoms with Crippen molar-refractivity contribution in [3.63, 3.8) is 0 Å². The highest BCUT2D eigenvalue weighted by Gasteiger charge is 2.29. The number of likely N-dealkylation sites (N-methyl/N-ethyl adjacent to an activating group) is 1. The number of carbonyl (C=O) groups excluding carboxylic acids is 2. The van der Waals surface area contributed by atoms with Gasteiger partial charge in [0.1, 0.15) is 6.04 Å². The van der Waals surface area contributed by atoms with Crippen LogP contribution in [0.15, 0.2) is 0 Å². The molecule has 4 nitrogen and oxygen atoms in total. The van der Waals surface area contributed by atoms with Crippen LogP contribution in [-0.4, -0.2) is 42.7 Å². The van der Waals surface area contributed by atoms with E-state index in [2.05, 4.69) is 5.32 Å².